The first-order chi connectivity index (χ1) is 6.22. The molecule has 0 aliphatic carbocycles. The summed E-state index contributed by atoms with van der Waals surface area (Å²) >= 11 is 5.82. The van der Waals surface area contributed by atoms with E-state index in [4.69, 9.17) is 22.4 Å². The third-order valence-electron chi connectivity index (χ3n) is 1.89. The van der Waals surface area contributed by atoms with Crippen molar-refractivity contribution in [2.24, 2.45) is 5.73 Å². The van der Waals surface area contributed by atoms with E-state index in [-0.39, 0.29) is 12.6 Å². The number of halogens is 1. The van der Waals surface area contributed by atoms with Crippen LogP contribution in [0.3, 0.4) is 0 Å². The molecule has 0 fully saturated rings. The van der Waals surface area contributed by atoms with Gasteiger partial charge in [0, 0.05) is 17.7 Å². The molecule has 13 heavy (non-hydrogen) atoms. The lowest BCUT2D eigenvalue weighted by Gasteiger charge is -2.09. The van der Waals surface area contributed by atoms with Crippen LogP contribution in [-0.2, 0) is 6.42 Å². The fraction of sp³-hybridized carbons (Fsp3) is 0.400. The van der Waals surface area contributed by atoms with E-state index in [1.54, 1.807) is 0 Å². The Hall–Kier alpha value is -0.570. The molecule has 3 heteroatoms. The van der Waals surface area contributed by atoms with Gasteiger partial charge in [-0.05, 0) is 30.5 Å². The number of rotatable bonds is 4. The molecule has 0 spiro atoms. The monoisotopic (exact) mass is 199 g/mol. The molecule has 0 bridgehead atoms. The van der Waals surface area contributed by atoms with Crippen molar-refractivity contribution < 1.29 is 5.11 Å². The molecule has 1 unspecified atom stereocenters. The average molecular weight is 200 g/mol. The van der Waals surface area contributed by atoms with E-state index < -0.39 is 0 Å². The molecule has 0 aliphatic rings. The Bertz CT molecular complexity index is 265. The fourth-order valence-electron chi connectivity index (χ4n) is 1.23. The van der Waals surface area contributed by atoms with Gasteiger partial charge in [-0.3, -0.25) is 0 Å². The highest BCUT2D eigenvalue weighted by molar-refractivity contribution is 6.30. The zero-order valence-electron chi connectivity index (χ0n) is 7.41. The second-order valence-corrected chi connectivity index (χ2v) is 3.54. The van der Waals surface area contributed by atoms with Crippen molar-refractivity contribution in [3.8, 4) is 0 Å². The van der Waals surface area contributed by atoms with Crippen LogP contribution < -0.4 is 5.73 Å². The third-order valence-corrected chi connectivity index (χ3v) is 2.12. The van der Waals surface area contributed by atoms with Gasteiger partial charge in [0.15, 0.2) is 0 Å². The van der Waals surface area contributed by atoms with Gasteiger partial charge in [-0.15, -0.1) is 0 Å². The molecule has 0 saturated carbocycles. The first-order valence-electron chi connectivity index (χ1n) is 4.33. The van der Waals surface area contributed by atoms with Crippen LogP contribution in [0.25, 0.3) is 0 Å². The summed E-state index contributed by atoms with van der Waals surface area (Å²) in [4.78, 5) is 0. The van der Waals surface area contributed by atoms with Crippen LogP contribution in [0.4, 0.5) is 0 Å². The Balaban J connectivity index is 2.53. The van der Waals surface area contributed by atoms with E-state index in [1.165, 1.54) is 0 Å². The first kappa shape index (κ1) is 10.5. The van der Waals surface area contributed by atoms with E-state index in [9.17, 15) is 0 Å². The zero-order valence-corrected chi connectivity index (χ0v) is 8.17. The van der Waals surface area contributed by atoms with Gasteiger partial charge in [-0.2, -0.15) is 0 Å². The molecule has 0 aromatic heterocycles. The lowest BCUT2D eigenvalue weighted by molar-refractivity contribution is 0.275. The molecule has 0 aliphatic heterocycles. The maximum atomic E-state index is 8.66. The van der Waals surface area contributed by atoms with Crippen molar-refractivity contribution in [1.82, 2.24) is 0 Å². The lowest BCUT2D eigenvalue weighted by atomic mass is 10.0. The minimum absolute atomic E-state index is 0.0171. The Labute approximate surface area is 83.3 Å². The average Bonchev–Trinajstić information content (AvgIpc) is 2.04. The summed E-state index contributed by atoms with van der Waals surface area (Å²) in [7, 11) is 0. The van der Waals surface area contributed by atoms with Gasteiger partial charge >= 0.3 is 0 Å². The summed E-state index contributed by atoms with van der Waals surface area (Å²) in [5, 5.41) is 9.39. The molecule has 72 valence electrons. The smallest absolute Gasteiger partial charge is 0.0445 e. The van der Waals surface area contributed by atoms with Crippen molar-refractivity contribution in [2.45, 2.75) is 18.9 Å². The second kappa shape index (κ2) is 5.22. The quantitative estimate of drug-likeness (QED) is 0.774. The maximum absolute atomic E-state index is 8.66. The Morgan fingerprint density at radius 2 is 2.23 bits per heavy atom. The molecular weight excluding hydrogens is 186 g/mol. The van der Waals surface area contributed by atoms with Crippen LogP contribution in [0, 0.1) is 0 Å². The van der Waals surface area contributed by atoms with Gasteiger partial charge in [-0.25, -0.2) is 0 Å². The number of benzene rings is 1. The van der Waals surface area contributed by atoms with E-state index in [2.05, 4.69) is 0 Å². The molecular formula is C10H14ClNO. The summed E-state index contributed by atoms with van der Waals surface area (Å²) < 4.78 is 0. The van der Waals surface area contributed by atoms with E-state index in [0.29, 0.717) is 6.42 Å². The zero-order chi connectivity index (χ0) is 9.68. The minimum atomic E-state index is 0.0171. The Morgan fingerprint density at radius 1 is 1.46 bits per heavy atom. The Kier molecular flexibility index (Phi) is 4.22. The molecule has 3 N–H and O–H groups in total. The van der Waals surface area contributed by atoms with Gasteiger partial charge in [-0.1, -0.05) is 23.7 Å². The Morgan fingerprint density at radius 3 is 2.85 bits per heavy atom. The second-order valence-electron chi connectivity index (χ2n) is 3.11. The van der Waals surface area contributed by atoms with Gasteiger partial charge in [0.05, 0.1) is 0 Å². The van der Waals surface area contributed by atoms with Crippen molar-refractivity contribution in [1.29, 1.82) is 0 Å². The lowest BCUT2D eigenvalue weighted by Crippen LogP contribution is -2.23. The molecule has 1 aromatic carbocycles. The first-order valence-corrected chi connectivity index (χ1v) is 4.71. The topological polar surface area (TPSA) is 46.2 Å². The molecule has 0 heterocycles. The molecule has 2 nitrogen and oxygen atoms in total. The normalized spacial score (nSPS) is 12.8. The maximum Gasteiger partial charge on any atom is 0.0445 e. The highest BCUT2D eigenvalue weighted by Gasteiger charge is 2.03. The minimum Gasteiger partial charge on any atom is -0.396 e. The van der Waals surface area contributed by atoms with Gasteiger partial charge < -0.3 is 10.8 Å². The summed E-state index contributed by atoms with van der Waals surface area (Å²) in [5.74, 6) is 0. The molecule has 0 saturated heterocycles. The summed E-state index contributed by atoms with van der Waals surface area (Å²) in [5.41, 5.74) is 6.88. The van der Waals surface area contributed by atoms with Crippen LogP contribution in [-0.4, -0.2) is 17.8 Å². The van der Waals surface area contributed by atoms with Crippen molar-refractivity contribution in [2.75, 3.05) is 6.61 Å². The number of aliphatic hydroxyl groups is 1. The number of hydrogen-bond acceptors (Lipinski definition) is 2. The van der Waals surface area contributed by atoms with Crippen LogP contribution in [0.15, 0.2) is 24.3 Å². The largest absolute Gasteiger partial charge is 0.396 e. The number of hydrogen-bond donors (Lipinski definition) is 2. The predicted molar refractivity (Wildman–Crippen MR) is 54.8 cm³/mol. The van der Waals surface area contributed by atoms with Crippen molar-refractivity contribution in [3.63, 3.8) is 0 Å². The standard InChI is InChI=1S/C10H14ClNO/c11-9-3-1-2-8(6-9)7-10(12)4-5-13/h1-3,6,10,13H,4-5,7,12H2. The van der Waals surface area contributed by atoms with Gasteiger partial charge in [0.2, 0.25) is 0 Å². The van der Waals surface area contributed by atoms with Crippen LogP contribution in [0.5, 0.6) is 0 Å². The molecule has 0 amide bonds. The predicted octanol–water partition coefficient (Wildman–Crippen LogP) is 1.59. The van der Waals surface area contributed by atoms with E-state index in [1.807, 2.05) is 24.3 Å². The number of nitrogens with two attached hydrogens (primary N) is 1. The van der Waals surface area contributed by atoms with Gasteiger partial charge in [0.1, 0.15) is 0 Å². The van der Waals surface area contributed by atoms with E-state index >= 15 is 0 Å². The van der Waals surface area contributed by atoms with Crippen molar-refractivity contribution in [3.05, 3.63) is 34.9 Å². The molecule has 1 atom stereocenters. The summed E-state index contributed by atoms with van der Waals surface area (Å²) in [6, 6.07) is 7.65. The molecule has 0 radical (unpaired) electrons. The van der Waals surface area contributed by atoms with E-state index in [0.717, 1.165) is 17.0 Å². The molecule has 1 rings (SSSR count). The van der Waals surface area contributed by atoms with Crippen molar-refractivity contribution >= 4 is 11.6 Å². The SMILES string of the molecule is NC(CCO)Cc1cccc(Cl)c1. The highest BCUT2D eigenvalue weighted by atomic mass is 35.5. The number of aliphatic hydroxyl groups excluding tert-OH is 1. The van der Waals surface area contributed by atoms with Crippen LogP contribution in [0.1, 0.15) is 12.0 Å². The fourth-order valence-corrected chi connectivity index (χ4v) is 1.45. The highest BCUT2D eigenvalue weighted by Crippen LogP contribution is 2.12. The summed E-state index contributed by atoms with van der Waals surface area (Å²) in [6.07, 6.45) is 1.40. The van der Waals surface area contributed by atoms with Crippen LogP contribution in [0.2, 0.25) is 5.02 Å². The third kappa shape index (κ3) is 3.77. The van der Waals surface area contributed by atoms with Gasteiger partial charge in [0.25, 0.3) is 0 Å². The van der Waals surface area contributed by atoms with Crippen LogP contribution >= 0.6 is 11.6 Å². The molecule has 1 aromatic rings. The summed E-state index contributed by atoms with van der Waals surface area (Å²) in [6.45, 7) is 0.141.